The van der Waals surface area contributed by atoms with Crippen molar-refractivity contribution < 1.29 is 9.90 Å². The van der Waals surface area contributed by atoms with Gasteiger partial charge in [-0.2, -0.15) is 0 Å². The van der Waals surface area contributed by atoms with Crippen molar-refractivity contribution in [1.82, 2.24) is 10.2 Å². The van der Waals surface area contributed by atoms with E-state index in [0.29, 0.717) is 5.56 Å². The number of hydrogen-bond acceptors (Lipinski definition) is 3. The third-order valence-corrected chi connectivity index (χ3v) is 3.93. The Labute approximate surface area is 120 Å². The highest BCUT2D eigenvalue weighted by Gasteiger charge is 2.20. The van der Waals surface area contributed by atoms with E-state index in [1.165, 1.54) is 12.5 Å². The number of phenolic OH excluding ortho intramolecular Hbond substituents is 1. The standard InChI is InChI=1S/C16H24N2O2/c1-3-8-18-9-6-14(7-10-18)17-16(20)13-5-4-12(2)15(19)11-13/h4-5,11,14,19H,3,6-10H2,1-2H3,(H,17,20). The summed E-state index contributed by atoms with van der Waals surface area (Å²) in [6, 6.07) is 5.32. The van der Waals surface area contributed by atoms with E-state index < -0.39 is 0 Å². The summed E-state index contributed by atoms with van der Waals surface area (Å²) in [6.45, 7) is 7.26. The van der Waals surface area contributed by atoms with E-state index in [-0.39, 0.29) is 17.7 Å². The molecule has 1 fully saturated rings. The molecule has 0 aromatic heterocycles. The molecular formula is C16H24N2O2. The average molecular weight is 276 g/mol. The molecule has 1 aliphatic rings. The Bertz CT molecular complexity index is 466. The van der Waals surface area contributed by atoms with Gasteiger partial charge in [0, 0.05) is 24.7 Å². The summed E-state index contributed by atoms with van der Waals surface area (Å²) in [7, 11) is 0. The summed E-state index contributed by atoms with van der Waals surface area (Å²) < 4.78 is 0. The third kappa shape index (κ3) is 3.73. The fraction of sp³-hybridized carbons (Fsp3) is 0.562. The summed E-state index contributed by atoms with van der Waals surface area (Å²) in [5, 5.41) is 12.7. The van der Waals surface area contributed by atoms with E-state index >= 15 is 0 Å². The zero-order valence-electron chi connectivity index (χ0n) is 12.4. The van der Waals surface area contributed by atoms with Crippen LogP contribution in [0.25, 0.3) is 0 Å². The largest absolute Gasteiger partial charge is 0.508 e. The van der Waals surface area contributed by atoms with Crippen molar-refractivity contribution >= 4 is 5.91 Å². The lowest BCUT2D eigenvalue weighted by atomic mass is 10.0. The maximum atomic E-state index is 12.1. The highest BCUT2D eigenvalue weighted by molar-refractivity contribution is 5.94. The maximum absolute atomic E-state index is 12.1. The number of carbonyl (C=O) groups is 1. The van der Waals surface area contributed by atoms with Crippen molar-refractivity contribution in [2.45, 2.75) is 39.2 Å². The maximum Gasteiger partial charge on any atom is 0.251 e. The van der Waals surface area contributed by atoms with Crippen LogP contribution in [0.1, 0.15) is 42.1 Å². The highest BCUT2D eigenvalue weighted by Crippen LogP contribution is 2.18. The van der Waals surface area contributed by atoms with Gasteiger partial charge in [-0.25, -0.2) is 0 Å². The van der Waals surface area contributed by atoms with E-state index in [4.69, 9.17) is 0 Å². The van der Waals surface area contributed by atoms with Crippen molar-refractivity contribution in [3.8, 4) is 5.75 Å². The minimum absolute atomic E-state index is 0.0887. The second-order valence-corrected chi connectivity index (χ2v) is 5.59. The average Bonchev–Trinajstić information content (AvgIpc) is 2.44. The monoisotopic (exact) mass is 276 g/mol. The summed E-state index contributed by atoms with van der Waals surface area (Å²) >= 11 is 0. The topological polar surface area (TPSA) is 52.6 Å². The lowest BCUT2D eigenvalue weighted by Crippen LogP contribution is -2.44. The summed E-state index contributed by atoms with van der Waals surface area (Å²) in [5.41, 5.74) is 1.32. The predicted molar refractivity (Wildman–Crippen MR) is 80.1 cm³/mol. The first-order valence-electron chi connectivity index (χ1n) is 7.43. The Morgan fingerprint density at radius 2 is 2.10 bits per heavy atom. The molecule has 1 aliphatic heterocycles. The van der Waals surface area contributed by atoms with Gasteiger partial charge in [0.25, 0.3) is 5.91 Å². The Morgan fingerprint density at radius 1 is 1.40 bits per heavy atom. The van der Waals surface area contributed by atoms with Crippen LogP contribution < -0.4 is 5.32 Å². The molecule has 20 heavy (non-hydrogen) atoms. The second kappa shape index (κ2) is 6.75. The second-order valence-electron chi connectivity index (χ2n) is 5.59. The molecule has 110 valence electrons. The van der Waals surface area contributed by atoms with Crippen LogP contribution in [0.5, 0.6) is 5.75 Å². The molecular weight excluding hydrogens is 252 g/mol. The number of amides is 1. The molecule has 0 unspecified atom stereocenters. The SMILES string of the molecule is CCCN1CCC(NC(=O)c2ccc(C)c(O)c2)CC1. The fourth-order valence-corrected chi connectivity index (χ4v) is 2.64. The molecule has 4 nitrogen and oxygen atoms in total. The first kappa shape index (κ1) is 14.9. The van der Waals surface area contributed by atoms with Gasteiger partial charge < -0.3 is 15.3 Å². The number of carbonyl (C=O) groups excluding carboxylic acids is 1. The van der Waals surface area contributed by atoms with Crippen LogP contribution in [-0.2, 0) is 0 Å². The zero-order chi connectivity index (χ0) is 14.5. The number of rotatable bonds is 4. The molecule has 2 rings (SSSR count). The van der Waals surface area contributed by atoms with E-state index in [2.05, 4.69) is 17.1 Å². The number of nitrogens with one attached hydrogen (secondary N) is 1. The van der Waals surface area contributed by atoms with E-state index in [0.717, 1.165) is 38.0 Å². The van der Waals surface area contributed by atoms with Crippen LogP contribution in [0.2, 0.25) is 0 Å². The minimum Gasteiger partial charge on any atom is -0.508 e. The molecule has 0 atom stereocenters. The molecule has 0 spiro atoms. The lowest BCUT2D eigenvalue weighted by Gasteiger charge is -2.32. The Morgan fingerprint density at radius 3 is 2.70 bits per heavy atom. The lowest BCUT2D eigenvalue weighted by molar-refractivity contribution is 0.0910. The minimum atomic E-state index is -0.0887. The molecule has 4 heteroatoms. The molecule has 1 aromatic carbocycles. The number of likely N-dealkylation sites (tertiary alicyclic amines) is 1. The first-order chi connectivity index (χ1) is 9.60. The molecule has 0 bridgehead atoms. The van der Waals surface area contributed by atoms with Crippen molar-refractivity contribution in [2.75, 3.05) is 19.6 Å². The quantitative estimate of drug-likeness (QED) is 0.887. The van der Waals surface area contributed by atoms with Crippen LogP contribution in [0.3, 0.4) is 0 Å². The zero-order valence-corrected chi connectivity index (χ0v) is 12.4. The molecule has 2 N–H and O–H groups in total. The Balaban J connectivity index is 1.87. The van der Waals surface area contributed by atoms with Crippen LogP contribution in [0, 0.1) is 6.92 Å². The number of hydrogen-bond donors (Lipinski definition) is 2. The van der Waals surface area contributed by atoms with E-state index in [1.54, 1.807) is 12.1 Å². The molecule has 1 saturated heterocycles. The number of benzene rings is 1. The number of phenols is 1. The van der Waals surface area contributed by atoms with Gasteiger partial charge in [-0.05, 0) is 50.4 Å². The molecule has 1 aromatic rings. The number of piperidine rings is 1. The Kier molecular flexibility index (Phi) is 5.01. The van der Waals surface area contributed by atoms with Gasteiger partial charge in [0.05, 0.1) is 0 Å². The molecule has 0 saturated carbocycles. The highest BCUT2D eigenvalue weighted by atomic mass is 16.3. The van der Waals surface area contributed by atoms with E-state index in [1.807, 2.05) is 6.92 Å². The van der Waals surface area contributed by atoms with Gasteiger partial charge in [-0.1, -0.05) is 13.0 Å². The van der Waals surface area contributed by atoms with Crippen LogP contribution in [0.15, 0.2) is 18.2 Å². The first-order valence-corrected chi connectivity index (χ1v) is 7.43. The smallest absolute Gasteiger partial charge is 0.251 e. The van der Waals surface area contributed by atoms with Gasteiger partial charge in [0.15, 0.2) is 0 Å². The van der Waals surface area contributed by atoms with Gasteiger partial charge in [-0.15, -0.1) is 0 Å². The van der Waals surface area contributed by atoms with E-state index in [9.17, 15) is 9.90 Å². The fourth-order valence-electron chi connectivity index (χ4n) is 2.64. The van der Waals surface area contributed by atoms with Gasteiger partial charge in [-0.3, -0.25) is 4.79 Å². The number of aryl methyl sites for hydroxylation is 1. The summed E-state index contributed by atoms with van der Waals surface area (Å²) in [6.07, 6.45) is 3.19. The van der Waals surface area contributed by atoms with Crippen molar-refractivity contribution in [3.63, 3.8) is 0 Å². The number of aromatic hydroxyl groups is 1. The van der Waals surface area contributed by atoms with Crippen molar-refractivity contribution in [1.29, 1.82) is 0 Å². The molecule has 0 radical (unpaired) electrons. The molecule has 0 aliphatic carbocycles. The van der Waals surface area contributed by atoms with Crippen LogP contribution in [0.4, 0.5) is 0 Å². The van der Waals surface area contributed by atoms with Crippen molar-refractivity contribution in [2.24, 2.45) is 0 Å². The van der Waals surface area contributed by atoms with Gasteiger partial charge in [0.1, 0.15) is 5.75 Å². The normalized spacial score (nSPS) is 17.1. The van der Waals surface area contributed by atoms with Crippen LogP contribution >= 0.6 is 0 Å². The van der Waals surface area contributed by atoms with Crippen molar-refractivity contribution in [3.05, 3.63) is 29.3 Å². The summed E-state index contributed by atoms with van der Waals surface area (Å²) in [5.74, 6) is 0.0876. The molecule has 1 amide bonds. The van der Waals surface area contributed by atoms with Gasteiger partial charge in [0.2, 0.25) is 0 Å². The summed E-state index contributed by atoms with van der Waals surface area (Å²) in [4.78, 5) is 14.6. The van der Waals surface area contributed by atoms with Gasteiger partial charge >= 0.3 is 0 Å². The van der Waals surface area contributed by atoms with Crippen LogP contribution in [-0.4, -0.2) is 41.6 Å². The number of nitrogens with zero attached hydrogens (tertiary/aromatic N) is 1. The molecule has 1 heterocycles. The Hall–Kier alpha value is -1.55. The third-order valence-electron chi connectivity index (χ3n) is 3.93. The predicted octanol–water partition coefficient (Wildman–Crippen LogP) is 2.30.